The summed E-state index contributed by atoms with van der Waals surface area (Å²) in [5.41, 5.74) is 2.16. The molecule has 0 atom stereocenters. The number of aromatic nitrogens is 3. The average molecular weight is 392 g/mol. The van der Waals surface area contributed by atoms with E-state index in [0.29, 0.717) is 29.9 Å². The van der Waals surface area contributed by atoms with Crippen LogP contribution in [-0.2, 0) is 6.67 Å². The van der Waals surface area contributed by atoms with Crippen LogP contribution in [-0.4, -0.2) is 31.9 Å². The van der Waals surface area contributed by atoms with Gasteiger partial charge in [-0.1, -0.05) is 12.5 Å². The maximum absolute atomic E-state index is 14.7. The molecule has 1 aliphatic carbocycles. The van der Waals surface area contributed by atoms with Gasteiger partial charge >= 0.3 is 0 Å². The zero-order chi connectivity index (χ0) is 20.0. The van der Waals surface area contributed by atoms with Crippen molar-refractivity contribution in [2.24, 2.45) is 5.92 Å². The van der Waals surface area contributed by atoms with Gasteiger partial charge in [0.15, 0.2) is 11.6 Å². The Hall–Kier alpha value is -3.22. The van der Waals surface area contributed by atoms with Crippen molar-refractivity contribution in [3.8, 4) is 22.9 Å². The van der Waals surface area contributed by atoms with E-state index >= 15 is 0 Å². The highest BCUT2D eigenvalue weighted by Crippen LogP contribution is 2.34. The van der Waals surface area contributed by atoms with E-state index in [0.717, 1.165) is 17.9 Å². The van der Waals surface area contributed by atoms with Gasteiger partial charge in [0, 0.05) is 24.4 Å². The molecule has 0 spiro atoms. The number of rotatable bonds is 5. The predicted octanol–water partition coefficient (Wildman–Crippen LogP) is 4.40. The Kier molecular flexibility index (Phi) is 4.30. The molecular formula is C22H21FN4O2. The summed E-state index contributed by atoms with van der Waals surface area (Å²) in [5.74, 6) is 0.937. The molecular weight excluding hydrogens is 371 g/mol. The Morgan fingerprint density at radius 2 is 2.10 bits per heavy atom. The molecule has 1 aromatic carbocycles. The van der Waals surface area contributed by atoms with Crippen molar-refractivity contribution < 1.29 is 13.9 Å². The summed E-state index contributed by atoms with van der Waals surface area (Å²) < 4.78 is 22.2. The number of imidazole rings is 1. The number of hydrogen-bond donors (Lipinski definition) is 0. The van der Waals surface area contributed by atoms with Crippen LogP contribution >= 0.6 is 0 Å². The first-order chi connectivity index (χ1) is 14.1. The fraction of sp³-hybridized carbons (Fsp3) is 0.318. The van der Waals surface area contributed by atoms with E-state index in [4.69, 9.17) is 4.74 Å². The summed E-state index contributed by atoms with van der Waals surface area (Å²) in [6.45, 7) is 3.08. The lowest BCUT2D eigenvalue weighted by molar-refractivity contribution is 0.0702. The molecule has 0 bridgehead atoms. The predicted molar refractivity (Wildman–Crippen MR) is 105 cm³/mol. The Morgan fingerprint density at radius 1 is 1.24 bits per heavy atom. The van der Waals surface area contributed by atoms with Crippen molar-refractivity contribution in [1.29, 1.82) is 0 Å². The van der Waals surface area contributed by atoms with Crippen molar-refractivity contribution in [2.75, 3.05) is 6.54 Å². The lowest BCUT2D eigenvalue weighted by atomic mass is 9.85. The maximum atomic E-state index is 14.7. The van der Waals surface area contributed by atoms with Crippen LogP contribution in [0.15, 0.2) is 42.6 Å². The molecule has 2 aliphatic rings. The normalized spacial score (nSPS) is 16.1. The van der Waals surface area contributed by atoms with Crippen LogP contribution in [0, 0.1) is 18.7 Å². The molecule has 29 heavy (non-hydrogen) atoms. The minimum Gasteiger partial charge on any atom is -0.436 e. The van der Waals surface area contributed by atoms with Crippen LogP contribution in [0.1, 0.15) is 35.6 Å². The second-order valence-corrected chi connectivity index (χ2v) is 7.68. The lowest BCUT2D eigenvalue weighted by Gasteiger charge is -2.29. The van der Waals surface area contributed by atoms with E-state index in [2.05, 4.69) is 9.97 Å². The summed E-state index contributed by atoms with van der Waals surface area (Å²) in [6, 6.07) is 10.0. The maximum Gasteiger partial charge on any atom is 0.291 e. The molecule has 148 valence electrons. The Balaban J connectivity index is 1.43. The number of pyridine rings is 1. The molecule has 6 nitrogen and oxygen atoms in total. The molecule has 5 rings (SSSR count). The van der Waals surface area contributed by atoms with Gasteiger partial charge in [-0.05, 0) is 49.9 Å². The third-order valence-corrected chi connectivity index (χ3v) is 5.69. The highest BCUT2D eigenvalue weighted by molar-refractivity contribution is 5.94. The standard InChI is InChI=1S/C22H21FN4O2/c1-14-20(27-13-26(12-15-5-4-6-15)22(28)21(27)25-14)16-8-9-18(17(23)11-16)29-19-7-2-3-10-24-19/h2-3,7-11,15H,4-6,12-13H2,1H3. The van der Waals surface area contributed by atoms with Gasteiger partial charge in [0.05, 0.1) is 18.1 Å². The van der Waals surface area contributed by atoms with Crippen molar-refractivity contribution in [1.82, 2.24) is 19.4 Å². The van der Waals surface area contributed by atoms with E-state index in [1.807, 2.05) is 16.4 Å². The Bertz CT molecular complexity index is 1080. The molecule has 2 aromatic heterocycles. The van der Waals surface area contributed by atoms with Crippen LogP contribution in [0.3, 0.4) is 0 Å². The smallest absolute Gasteiger partial charge is 0.291 e. The van der Waals surface area contributed by atoms with Crippen molar-refractivity contribution in [3.63, 3.8) is 0 Å². The summed E-state index contributed by atoms with van der Waals surface area (Å²) in [4.78, 5) is 23.1. The molecule has 0 unspecified atom stereocenters. The van der Waals surface area contributed by atoms with E-state index in [1.165, 1.54) is 25.3 Å². The van der Waals surface area contributed by atoms with E-state index in [-0.39, 0.29) is 11.7 Å². The number of benzene rings is 1. The largest absolute Gasteiger partial charge is 0.436 e. The number of carbonyl (C=O) groups excluding carboxylic acids is 1. The number of ether oxygens (including phenoxy) is 1. The van der Waals surface area contributed by atoms with E-state index in [1.54, 1.807) is 36.5 Å². The molecule has 0 saturated heterocycles. The minimum atomic E-state index is -0.487. The summed E-state index contributed by atoms with van der Waals surface area (Å²) in [7, 11) is 0. The van der Waals surface area contributed by atoms with Gasteiger partial charge < -0.3 is 14.2 Å². The van der Waals surface area contributed by atoms with Crippen LogP contribution in [0.5, 0.6) is 11.6 Å². The van der Waals surface area contributed by atoms with Gasteiger partial charge in [-0.2, -0.15) is 0 Å². The summed E-state index contributed by atoms with van der Waals surface area (Å²) in [6.07, 6.45) is 5.20. The molecule has 1 aliphatic heterocycles. The van der Waals surface area contributed by atoms with Crippen LogP contribution in [0.2, 0.25) is 0 Å². The highest BCUT2D eigenvalue weighted by atomic mass is 19.1. The number of aryl methyl sites for hydroxylation is 1. The topological polar surface area (TPSA) is 60.2 Å². The Labute approximate surface area is 168 Å². The first-order valence-electron chi connectivity index (χ1n) is 9.85. The number of halogens is 1. The third-order valence-electron chi connectivity index (χ3n) is 5.69. The van der Waals surface area contributed by atoms with Crippen LogP contribution in [0.25, 0.3) is 11.3 Å². The van der Waals surface area contributed by atoms with Gasteiger partial charge in [-0.15, -0.1) is 0 Å². The highest BCUT2D eigenvalue weighted by Gasteiger charge is 2.35. The monoisotopic (exact) mass is 392 g/mol. The van der Waals surface area contributed by atoms with Gasteiger partial charge in [0.2, 0.25) is 11.7 Å². The second kappa shape index (κ2) is 6.99. The van der Waals surface area contributed by atoms with Crippen molar-refractivity contribution in [3.05, 3.63) is 59.9 Å². The third kappa shape index (κ3) is 3.16. The van der Waals surface area contributed by atoms with E-state index in [9.17, 15) is 9.18 Å². The first kappa shape index (κ1) is 17.8. The first-order valence-corrected chi connectivity index (χ1v) is 9.85. The van der Waals surface area contributed by atoms with Gasteiger partial charge in [-0.25, -0.2) is 14.4 Å². The molecule has 3 heterocycles. The van der Waals surface area contributed by atoms with Gasteiger partial charge in [-0.3, -0.25) is 4.79 Å². The van der Waals surface area contributed by atoms with E-state index < -0.39 is 5.82 Å². The van der Waals surface area contributed by atoms with Gasteiger partial charge in [0.25, 0.3) is 5.91 Å². The Morgan fingerprint density at radius 3 is 2.79 bits per heavy atom. The molecule has 1 fully saturated rings. The number of carbonyl (C=O) groups is 1. The quantitative estimate of drug-likeness (QED) is 0.646. The summed E-state index contributed by atoms with van der Waals surface area (Å²) in [5, 5.41) is 0. The zero-order valence-electron chi connectivity index (χ0n) is 16.1. The SMILES string of the molecule is Cc1nc2n(c1-c1ccc(Oc3ccccn3)c(F)c1)CN(CC1CCC1)C2=O. The molecule has 3 aromatic rings. The lowest BCUT2D eigenvalue weighted by Crippen LogP contribution is -2.33. The van der Waals surface area contributed by atoms with Crippen molar-refractivity contribution >= 4 is 5.91 Å². The van der Waals surface area contributed by atoms with Crippen LogP contribution in [0.4, 0.5) is 4.39 Å². The molecule has 0 N–H and O–H groups in total. The minimum absolute atomic E-state index is 0.0400. The van der Waals surface area contributed by atoms with Crippen LogP contribution < -0.4 is 4.74 Å². The summed E-state index contributed by atoms with van der Waals surface area (Å²) >= 11 is 0. The number of amides is 1. The zero-order valence-corrected chi connectivity index (χ0v) is 16.1. The molecule has 7 heteroatoms. The molecule has 0 radical (unpaired) electrons. The van der Waals surface area contributed by atoms with Gasteiger partial charge in [0.1, 0.15) is 0 Å². The average Bonchev–Trinajstić information content (AvgIpc) is 3.16. The molecule has 1 saturated carbocycles. The molecule has 1 amide bonds. The number of nitrogens with zero attached hydrogens (tertiary/aromatic N) is 4. The number of fused-ring (bicyclic) bond motifs is 1. The second-order valence-electron chi connectivity index (χ2n) is 7.68. The fourth-order valence-corrected chi connectivity index (χ4v) is 3.99. The number of hydrogen-bond acceptors (Lipinski definition) is 4. The van der Waals surface area contributed by atoms with Crippen molar-refractivity contribution in [2.45, 2.75) is 32.9 Å². The fourth-order valence-electron chi connectivity index (χ4n) is 3.99.